The molecule has 11 heteroatoms. The molecular weight excluding hydrogens is 462 g/mol. The number of aliphatic hydroxyl groups is 1. The number of hydrogen-bond donors (Lipinski definition) is 1. The Balaban J connectivity index is 1.41. The highest BCUT2D eigenvalue weighted by molar-refractivity contribution is 7.88. The van der Waals surface area contributed by atoms with Crippen LogP contribution in [-0.2, 0) is 40.4 Å². The van der Waals surface area contributed by atoms with E-state index in [2.05, 4.69) is 9.88 Å². The molecule has 33 heavy (non-hydrogen) atoms. The van der Waals surface area contributed by atoms with Crippen LogP contribution < -0.4 is 0 Å². The van der Waals surface area contributed by atoms with Crippen LogP contribution in [0.25, 0.3) is 11.3 Å². The molecule has 1 fully saturated rings. The Bertz CT molecular complexity index is 1220. The Hall–Kier alpha value is -2.08. The molecule has 0 bridgehead atoms. The van der Waals surface area contributed by atoms with Gasteiger partial charge >= 0.3 is 11.8 Å². The number of aromatic nitrogens is 1. The van der Waals surface area contributed by atoms with Crippen molar-refractivity contribution in [3.05, 3.63) is 52.2 Å². The fraction of sp³-hybridized carbons (Fsp3) is 0.500. The van der Waals surface area contributed by atoms with E-state index in [9.17, 15) is 31.1 Å². The molecule has 0 radical (unpaired) electrons. The first-order valence-corrected chi connectivity index (χ1v) is 12.5. The summed E-state index contributed by atoms with van der Waals surface area (Å²) in [4.78, 5) is 6.08. The minimum absolute atomic E-state index is 0.0371. The summed E-state index contributed by atoms with van der Waals surface area (Å²) in [6.45, 7) is 4.45. The maximum Gasteiger partial charge on any atom is 0.328 e. The third-order valence-corrected chi connectivity index (χ3v) is 8.26. The van der Waals surface area contributed by atoms with Crippen molar-refractivity contribution >= 4 is 10.0 Å². The highest BCUT2D eigenvalue weighted by Crippen LogP contribution is 2.74. The molecule has 1 saturated heterocycles. The molecule has 1 atom stereocenters. The molecule has 2 aliphatic carbocycles. The van der Waals surface area contributed by atoms with Gasteiger partial charge in [-0.15, -0.1) is 0 Å². The molecule has 6 nitrogen and oxygen atoms in total. The first-order valence-electron chi connectivity index (χ1n) is 10.7. The van der Waals surface area contributed by atoms with Crippen molar-refractivity contribution < 1.29 is 31.1 Å². The van der Waals surface area contributed by atoms with Crippen molar-refractivity contribution in [3.8, 4) is 11.3 Å². The number of benzene rings is 1. The number of halogens is 4. The molecule has 1 unspecified atom stereocenters. The summed E-state index contributed by atoms with van der Waals surface area (Å²) in [6.07, 6.45) is 1.73. The van der Waals surface area contributed by atoms with Gasteiger partial charge < -0.3 is 5.11 Å². The second-order valence-electron chi connectivity index (χ2n) is 8.92. The van der Waals surface area contributed by atoms with E-state index in [1.165, 1.54) is 10.6 Å². The molecule has 0 amide bonds. The van der Waals surface area contributed by atoms with Crippen LogP contribution in [0.5, 0.6) is 0 Å². The number of aryl methyl sites for hydroxylation is 1. The van der Waals surface area contributed by atoms with Gasteiger partial charge in [0.15, 0.2) is 0 Å². The van der Waals surface area contributed by atoms with Gasteiger partial charge in [0, 0.05) is 49.4 Å². The lowest BCUT2D eigenvalue weighted by Gasteiger charge is -2.57. The molecule has 0 spiro atoms. The molecule has 2 aromatic rings. The average molecular weight is 486 g/mol. The minimum atomic E-state index is -4.10. The van der Waals surface area contributed by atoms with Gasteiger partial charge in [0.2, 0.25) is 15.6 Å². The van der Waals surface area contributed by atoms with Crippen LogP contribution in [0.4, 0.5) is 17.6 Å². The predicted molar refractivity (Wildman–Crippen MR) is 112 cm³/mol. The Labute approximate surface area is 188 Å². The fourth-order valence-corrected chi connectivity index (χ4v) is 5.87. The summed E-state index contributed by atoms with van der Waals surface area (Å²) >= 11 is 0. The number of hydrogen-bond acceptors (Lipinski definition) is 5. The SMILES string of the molecule is CCc1cc(CN2CCN(S(C)(=O)=O)CC2)ccc1-c1cc2c3c(n1)C(F)(F)C3(O)C2(F)F. The second kappa shape index (κ2) is 6.97. The molecule has 1 aromatic heterocycles. The Kier molecular flexibility index (Phi) is 4.79. The molecule has 1 aromatic carbocycles. The summed E-state index contributed by atoms with van der Waals surface area (Å²) in [7, 11) is -3.21. The summed E-state index contributed by atoms with van der Waals surface area (Å²) < 4.78 is 82.1. The largest absolute Gasteiger partial charge is 0.373 e. The highest BCUT2D eigenvalue weighted by Gasteiger charge is 2.86. The van der Waals surface area contributed by atoms with Crippen LogP contribution in [0.1, 0.15) is 34.9 Å². The normalized spacial score (nSPS) is 25.8. The number of alkyl halides is 4. The van der Waals surface area contributed by atoms with Crippen molar-refractivity contribution in [2.45, 2.75) is 37.3 Å². The third-order valence-electron chi connectivity index (χ3n) is 6.96. The number of nitrogens with zero attached hydrogens (tertiary/aromatic N) is 3. The van der Waals surface area contributed by atoms with Crippen LogP contribution >= 0.6 is 0 Å². The van der Waals surface area contributed by atoms with E-state index in [4.69, 9.17) is 0 Å². The molecular formula is C22H23F4N3O3S. The fourth-order valence-electron chi connectivity index (χ4n) is 5.04. The summed E-state index contributed by atoms with van der Waals surface area (Å²) in [5.74, 6) is -8.13. The number of sulfonamides is 1. The first-order chi connectivity index (χ1) is 15.3. The zero-order valence-electron chi connectivity index (χ0n) is 18.1. The van der Waals surface area contributed by atoms with Crippen LogP contribution in [0.2, 0.25) is 0 Å². The Morgan fingerprint density at radius 1 is 1.06 bits per heavy atom. The summed E-state index contributed by atoms with van der Waals surface area (Å²) in [5.41, 5.74) is -3.01. The molecule has 178 valence electrons. The van der Waals surface area contributed by atoms with E-state index >= 15 is 0 Å². The predicted octanol–water partition coefficient (Wildman–Crippen LogP) is 2.79. The van der Waals surface area contributed by atoms with E-state index in [1.54, 1.807) is 12.1 Å². The quantitative estimate of drug-likeness (QED) is 0.660. The lowest BCUT2D eigenvalue weighted by molar-refractivity contribution is -0.355. The van der Waals surface area contributed by atoms with Crippen molar-refractivity contribution in [2.24, 2.45) is 0 Å². The van der Waals surface area contributed by atoms with Crippen LogP contribution in [0, 0.1) is 0 Å². The smallest absolute Gasteiger partial charge is 0.328 e. The lowest BCUT2D eigenvalue weighted by Crippen LogP contribution is -2.70. The maximum atomic E-state index is 14.3. The zero-order chi connectivity index (χ0) is 24.0. The molecule has 5 rings (SSSR count). The topological polar surface area (TPSA) is 73.7 Å². The van der Waals surface area contributed by atoms with Crippen LogP contribution in [0.3, 0.4) is 0 Å². The Morgan fingerprint density at radius 2 is 1.73 bits per heavy atom. The summed E-state index contributed by atoms with van der Waals surface area (Å²) in [6, 6.07) is 6.50. The molecule has 0 saturated carbocycles. The van der Waals surface area contributed by atoms with Gasteiger partial charge in [-0.3, -0.25) is 4.90 Å². The zero-order valence-corrected chi connectivity index (χ0v) is 18.9. The first kappa shape index (κ1) is 22.7. The van der Waals surface area contributed by atoms with Gasteiger partial charge in [0.25, 0.3) is 0 Å². The summed E-state index contributed by atoms with van der Waals surface area (Å²) in [5, 5.41) is 9.83. The number of rotatable bonds is 5. The van der Waals surface area contributed by atoms with Crippen LogP contribution in [0.15, 0.2) is 24.3 Å². The van der Waals surface area contributed by atoms with Crippen molar-refractivity contribution in [1.29, 1.82) is 0 Å². The monoisotopic (exact) mass is 485 g/mol. The lowest BCUT2D eigenvalue weighted by atomic mass is 9.55. The van der Waals surface area contributed by atoms with Gasteiger partial charge in [-0.25, -0.2) is 13.4 Å². The van der Waals surface area contributed by atoms with Gasteiger partial charge in [-0.1, -0.05) is 25.1 Å². The van der Waals surface area contributed by atoms with Gasteiger partial charge in [-0.2, -0.15) is 21.9 Å². The average Bonchev–Trinajstić information content (AvgIpc) is 2.77. The van der Waals surface area contributed by atoms with E-state index in [-0.39, 0.29) is 5.69 Å². The molecule has 1 aliphatic heterocycles. The van der Waals surface area contributed by atoms with Crippen LogP contribution in [-0.4, -0.2) is 60.1 Å². The number of piperazine rings is 1. The second-order valence-corrected chi connectivity index (χ2v) is 10.9. The number of pyridine rings is 1. The van der Waals surface area contributed by atoms with Crippen molar-refractivity contribution in [3.63, 3.8) is 0 Å². The molecule has 1 N–H and O–H groups in total. The van der Waals surface area contributed by atoms with Crippen molar-refractivity contribution in [1.82, 2.24) is 14.2 Å². The third kappa shape index (κ3) is 2.95. The molecule has 3 aliphatic rings. The minimum Gasteiger partial charge on any atom is -0.373 e. The van der Waals surface area contributed by atoms with Gasteiger partial charge in [-0.05, 0) is 23.6 Å². The van der Waals surface area contributed by atoms with E-state index in [0.29, 0.717) is 44.7 Å². The maximum absolute atomic E-state index is 14.3. The molecule has 2 heterocycles. The van der Waals surface area contributed by atoms with Crippen molar-refractivity contribution in [2.75, 3.05) is 32.4 Å². The van der Waals surface area contributed by atoms with E-state index in [0.717, 1.165) is 17.2 Å². The standard InChI is InChI=1S/C22H23F4N3O3S/c1-3-14-10-13(12-28-6-8-29(9-7-28)33(2,31)32)4-5-15(14)17-11-16-18-19(27-17)22(25,26)20(18,30)21(16,23)24/h4-5,10-11,30H,3,6-9,12H2,1-2H3. The van der Waals surface area contributed by atoms with E-state index in [1.807, 2.05) is 13.0 Å². The highest BCUT2D eigenvalue weighted by atomic mass is 32.2. The van der Waals surface area contributed by atoms with Gasteiger partial charge in [0.05, 0.1) is 11.9 Å². The Morgan fingerprint density at radius 3 is 2.33 bits per heavy atom. The van der Waals surface area contributed by atoms with E-state index < -0.39 is 44.3 Å². The van der Waals surface area contributed by atoms with Gasteiger partial charge in [0.1, 0.15) is 5.69 Å².